The van der Waals surface area contributed by atoms with Crippen molar-refractivity contribution in [3.63, 3.8) is 0 Å². The van der Waals surface area contributed by atoms with Crippen LogP contribution in [-0.4, -0.2) is 25.7 Å². The molecule has 1 amide bonds. The number of benzene rings is 2. The normalized spacial score (nSPS) is 10.8. The van der Waals surface area contributed by atoms with Crippen molar-refractivity contribution in [2.75, 3.05) is 5.32 Å². The molecular weight excluding hydrogens is 422 g/mol. The summed E-state index contributed by atoms with van der Waals surface area (Å²) in [6, 6.07) is 18.7. The monoisotopic (exact) mass is 439 g/mol. The highest BCUT2D eigenvalue weighted by molar-refractivity contribution is 6.05. The molecule has 0 radical (unpaired) electrons. The number of carbonyl (C=O) groups excluding carboxylic acids is 1. The Morgan fingerprint density at radius 3 is 2.64 bits per heavy atom. The molecule has 0 unspecified atom stereocenters. The Morgan fingerprint density at radius 2 is 1.85 bits per heavy atom. The highest BCUT2D eigenvalue weighted by Crippen LogP contribution is 2.23. The van der Waals surface area contributed by atoms with Crippen molar-refractivity contribution in [2.24, 2.45) is 0 Å². The Morgan fingerprint density at radius 1 is 1.03 bits per heavy atom. The van der Waals surface area contributed by atoms with Crippen LogP contribution in [0.4, 0.5) is 5.69 Å². The zero-order chi connectivity index (χ0) is 22.8. The van der Waals surface area contributed by atoms with E-state index >= 15 is 0 Å². The van der Waals surface area contributed by atoms with Gasteiger partial charge in [0.15, 0.2) is 5.82 Å². The van der Waals surface area contributed by atoms with Crippen LogP contribution in [0.15, 0.2) is 88.3 Å². The van der Waals surface area contributed by atoms with Gasteiger partial charge in [-0.3, -0.25) is 4.79 Å². The highest BCUT2D eigenvalue weighted by Gasteiger charge is 2.14. The van der Waals surface area contributed by atoms with Gasteiger partial charge in [-0.1, -0.05) is 18.2 Å². The number of anilines is 1. The van der Waals surface area contributed by atoms with Gasteiger partial charge in [-0.2, -0.15) is 10.1 Å². The van der Waals surface area contributed by atoms with Crippen LogP contribution < -0.4 is 15.7 Å². The number of nitrogens with zero attached hydrogens (tertiary/aromatic N) is 4. The molecule has 0 spiro atoms. The minimum atomic E-state index is -0.696. The second kappa shape index (κ2) is 8.39. The Kier molecular flexibility index (Phi) is 5.12. The molecule has 33 heavy (non-hydrogen) atoms. The van der Waals surface area contributed by atoms with Crippen molar-refractivity contribution in [2.45, 2.75) is 6.92 Å². The average molecular weight is 439 g/mol. The quantitative estimate of drug-likeness (QED) is 0.410. The first-order valence-electron chi connectivity index (χ1n) is 10.0. The number of fused-ring (bicyclic) bond motifs is 1. The first-order valence-corrected chi connectivity index (χ1v) is 10.0. The number of carbonyl (C=O) groups is 1. The molecular formula is C24H17N5O4. The van der Waals surface area contributed by atoms with E-state index in [4.69, 9.17) is 9.15 Å². The maximum atomic E-state index is 12.6. The van der Waals surface area contributed by atoms with E-state index in [1.165, 1.54) is 6.07 Å². The molecule has 0 atom stereocenters. The van der Waals surface area contributed by atoms with Crippen LogP contribution in [0.25, 0.3) is 16.8 Å². The molecule has 9 heteroatoms. The topological polar surface area (TPSA) is 112 Å². The number of aromatic nitrogens is 4. The summed E-state index contributed by atoms with van der Waals surface area (Å²) in [5, 5.41) is 7.53. The Hall–Kier alpha value is -4.79. The summed E-state index contributed by atoms with van der Waals surface area (Å²) in [7, 11) is 0. The second-order valence-electron chi connectivity index (χ2n) is 7.13. The van der Waals surface area contributed by atoms with Gasteiger partial charge in [-0.25, -0.2) is 14.5 Å². The van der Waals surface area contributed by atoms with Gasteiger partial charge >= 0.3 is 5.63 Å². The fourth-order valence-electron chi connectivity index (χ4n) is 3.24. The fraction of sp³-hybridized carbons (Fsp3) is 0.0417. The zero-order valence-electron chi connectivity index (χ0n) is 17.4. The summed E-state index contributed by atoms with van der Waals surface area (Å²) < 4.78 is 12.7. The van der Waals surface area contributed by atoms with Crippen molar-refractivity contribution >= 4 is 22.6 Å². The van der Waals surface area contributed by atoms with Gasteiger partial charge in [0.1, 0.15) is 22.7 Å². The average Bonchev–Trinajstić information content (AvgIpc) is 3.35. The summed E-state index contributed by atoms with van der Waals surface area (Å²) in [5.41, 5.74) is 0.155. The van der Waals surface area contributed by atoms with Gasteiger partial charge < -0.3 is 14.5 Å². The zero-order valence-corrected chi connectivity index (χ0v) is 17.4. The third kappa shape index (κ3) is 4.33. The van der Waals surface area contributed by atoms with E-state index in [2.05, 4.69) is 20.4 Å². The maximum absolute atomic E-state index is 12.6. The Balaban J connectivity index is 1.32. The summed E-state index contributed by atoms with van der Waals surface area (Å²) in [6.45, 7) is 1.77. The van der Waals surface area contributed by atoms with E-state index in [0.29, 0.717) is 39.9 Å². The Bertz CT molecular complexity index is 1510. The molecule has 0 fully saturated rings. The molecule has 0 bridgehead atoms. The van der Waals surface area contributed by atoms with E-state index < -0.39 is 11.5 Å². The molecule has 0 saturated heterocycles. The minimum Gasteiger partial charge on any atom is -0.439 e. The van der Waals surface area contributed by atoms with Crippen molar-refractivity contribution in [1.82, 2.24) is 19.7 Å². The van der Waals surface area contributed by atoms with Crippen LogP contribution in [0.1, 0.15) is 16.2 Å². The van der Waals surface area contributed by atoms with E-state index in [1.807, 2.05) is 0 Å². The lowest BCUT2D eigenvalue weighted by molar-refractivity contribution is 0.102. The largest absolute Gasteiger partial charge is 0.439 e. The van der Waals surface area contributed by atoms with Gasteiger partial charge in [0.05, 0.1) is 0 Å². The molecule has 3 aromatic heterocycles. The van der Waals surface area contributed by atoms with Gasteiger partial charge in [0, 0.05) is 29.5 Å². The summed E-state index contributed by atoms with van der Waals surface area (Å²) >= 11 is 0. The number of hydrogen-bond acceptors (Lipinski definition) is 7. The highest BCUT2D eigenvalue weighted by atomic mass is 16.5. The minimum absolute atomic E-state index is 0.0726. The van der Waals surface area contributed by atoms with Crippen molar-refractivity contribution in [1.29, 1.82) is 0 Å². The molecule has 5 aromatic rings. The van der Waals surface area contributed by atoms with Crippen LogP contribution in [0.2, 0.25) is 0 Å². The van der Waals surface area contributed by atoms with Gasteiger partial charge in [0.25, 0.3) is 5.91 Å². The van der Waals surface area contributed by atoms with Crippen LogP contribution in [-0.2, 0) is 0 Å². The van der Waals surface area contributed by atoms with Crippen molar-refractivity contribution in [3.8, 4) is 17.4 Å². The summed E-state index contributed by atoms with van der Waals surface area (Å²) in [5.74, 6) is 1.44. The number of nitrogens with one attached hydrogen (secondary N) is 1. The standard InChI is InChI=1S/C24H17N5O4/c1-15-26-21(29-12-4-11-25-29)14-22(27-15)32-18-9-7-17(8-10-18)28-23(30)19-13-16-5-2-3-6-20(16)33-24(19)31/h2-14H,1H3,(H,28,30). The van der Waals surface area contributed by atoms with Gasteiger partial charge in [-0.05, 0) is 49.4 Å². The second-order valence-corrected chi connectivity index (χ2v) is 7.13. The van der Waals surface area contributed by atoms with E-state index in [1.54, 1.807) is 84.7 Å². The molecule has 0 aliphatic rings. The van der Waals surface area contributed by atoms with E-state index in [0.717, 1.165) is 0 Å². The smallest absolute Gasteiger partial charge is 0.349 e. The molecule has 2 aromatic carbocycles. The molecule has 0 saturated carbocycles. The number of amides is 1. The number of para-hydroxylation sites is 1. The molecule has 0 aliphatic carbocycles. The third-order valence-corrected chi connectivity index (χ3v) is 4.76. The third-order valence-electron chi connectivity index (χ3n) is 4.76. The first-order chi connectivity index (χ1) is 16.0. The number of aryl methyl sites for hydroxylation is 1. The predicted octanol–water partition coefficient (Wildman–Crippen LogP) is 4.12. The van der Waals surface area contributed by atoms with E-state index in [-0.39, 0.29) is 5.56 Å². The first kappa shape index (κ1) is 20.1. The molecule has 3 heterocycles. The molecule has 162 valence electrons. The molecule has 9 nitrogen and oxygen atoms in total. The van der Waals surface area contributed by atoms with Gasteiger partial charge in [0.2, 0.25) is 5.88 Å². The number of ether oxygens (including phenoxy) is 1. The van der Waals surface area contributed by atoms with Crippen molar-refractivity contribution < 1.29 is 13.9 Å². The van der Waals surface area contributed by atoms with Crippen molar-refractivity contribution in [3.05, 3.63) is 101 Å². The number of hydrogen-bond donors (Lipinski definition) is 1. The summed E-state index contributed by atoms with van der Waals surface area (Å²) in [4.78, 5) is 33.5. The lowest BCUT2D eigenvalue weighted by atomic mass is 10.1. The Labute approximate surface area is 187 Å². The SMILES string of the molecule is Cc1nc(Oc2ccc(NC(=O)c3cc4ccccc4oc3=O)cc2)cc(-n2cccn2)n1. The molecule has 5 rings (SSSR count). The lowest BCUT2D eigenvalue weighted by Gasteiger charge is -2.09. The predicted molar refractivity (Wildman–Crippen MR) is 121 cm³/mol. The lowest BCUT2D eigenvalue weighted by Crippen LogP contribution is -2.20. The summed E-state index contributed by atoms with van der Waals surface area (Å²) in [6.07, 6.45) is 3.44. The fourth-order valence-corrected chi connectivity index (χ4v) is 3.24. The van der Waals surface area contributed by atoms with E-state index in [9.17, 15) is 9.59 Å². The van der Waals surface area contributed by atoms with Crippen LogP contribution in [0.5, 0.6) is 11.6 Å². The maximum Gasteiger partial charge on any atom is 0.349 e. The van der Waals surface area contributed by atoms with Crippen LogP contribution in [0, 0.1) is 6.92 Å². The van der Waals surface area contributed by atoms with Crippen LogP contribution >= 0.6 is 0 Å². The van der Waals surface area contributed by atoms with Gasteiger partial charge in [-0.15, -0.1) is 0 Å². The molecule has 1 N–H and O–H groups in total. The molecule has 0 aliphatic heterocycles. The number of rotatable bonds is 5. The van der Waals surface area contributed by atoms with Crippen LogP contribution in [0.3, 0.4) is 0 Å².